The normalized spacial score (nSPS) is 19.5. The van der Waals surface area contributed by atoms with Crippen LogP contribution in [-0.4, -0.2) is 49.2 Å². The first kappa shape index (κ1) is 14.3. The van der Waals surface area contributed by atoms with Crippen LogP contribution in [0, 0.1) is 13.8 Å². The maximum Gasteiger partial charge on any atom is 0.180 e. The number of fused-ring (bicyclic) bond motifs is 1. The van der Waals surface area contributed by atoms with Crippen LogP contribution in [0.1, 0.15) is 29.0 Å². The number of aryl methyl sites for hydroxylation is 2. The molecule has 0 spiro atoms. The molecule has 0 aliphatic carbocycles. The van der Waals surface area contributed by atoms with Crippen molar-refractivity contribution in [1.29, 1.82) is 0 Å². The summed E-state index contributed by atoms with van der Waals surface area (Å²) in [6.45, 7) is 7.16. The molecule has 1 aliphatic rings. The molecular weight excluding hydrogens is 292 g/mol. The van der Waals surface area contributed by atoms with Gasteiger partial charge in [-0.25, -0.2) is 9.97 Å². The monoisotopic (exact) mass is 312 g/mol. The van der Waals surface area contributed by atoms with Crippen LogP contribution in [0.15, 0.2) is 24.5 Å². The Hall–Kier alpha value is -2.25. The summed E-state index contributed by atoms with van der Waals surface area (Å²) in [5.74, 6) is 1.55. The Morgan fingerprint density at radius 2 is 2.26 bits per heavy atom. The molecule has 1 fully saturated rings. The zero-order chi connectivity index (χ0) is 15.8. The Kier molecular flexibility index (Phi) is 3.59. The van der Waals surface area contributed by atoms with E-state index in [-0.39, 0.29) is 6.10 Å². The second-order valence-corrected chi connectivity index (χ2v) is 6.03. The van der Waals surface area contributed by atoms with Gasteiger partial charge in [-0.2, -0.15) is 5.10 Å². The molecule has 0 aromatic carbocycles. The smallest absolute Gasteiger partial charge is 0.180 e. The van der Waals surface area contributed by atoms with Crippen LogP contribution >= 0.6 is 0 Å². The summed E-state index contributed by atoms with van der Waals surface area (Å²) >= 11 is 0. The van der Waals surface area contributed by atoms with E-state index < -0.39 is 0 Å². The highest BCUT2D eigenvalue weighted by molar-refractivity contribution is 5.47. The van der Waals surface area contributed by atoms with Gasteiger partial charge in [0.05, 0.1) is 12.3 Å². The average Bonchev–Trinajstić information content (AvgIpc) is 3.14. The van der Waals surface area contributed by atoms with Gasteiger partial charge in [-0.3, -0.25) is 10.00 Å². The summed E-state index contributed by atoms with van der Waals surface area (Å²) in [5, 5.41) is 7.10. The molecule has 0 saturated carbocycles. The number of pyridine rings is 1. The van der Waals surface area contributed by atoms with E-state index in [1.165, 1.54) is 5.56 Å². The molecule has 0 radical (unpaired) electrons. The number of morpholine rings is 1. The maximum absolute atomic E-state index is 5.81. The lowest BCUT2D eigenvalue weighted by Crippen LogP contribution is -2.38. The van der Waals surface area contributed by atoms with E-state index in [1.807, 2.05) is 19.2 Å². The summed E-state index contributed by atoms with van der Waals surface area (Å²) in [4.78, 5) is 11.5. The lowest BCUT2D eigenvalue weighted by atomic mass is 10.2. The Bertz CT molecular complexity index is 823. The first-order chi connectivity index (χ1) is 11.2. The SMILES string of the molecule is Cc1nc([C@@H]2CN(Cc3cn4cccc(C)c4n3)CCO2)n[nH]1. The van der Waals surface area contributed by atoms with Crippen molar-refractivity contribution < 1.29 is 4.74 Å². The Labute approximate surface area is 134 Å². The number of aromatic nitrogens is 5. The van der Waals surface area contributed by atoms with Gasteiger partial charge < -0.3 is 9.14 Å². The van der Waals surface area contributed by atoms with E-state index in [2.05, 4.69) is 43.7 Å². The van der Waals surface area contributed by atoms with E-state index in [4.69, 9.17) is 9.72 Å². The molecule has 0 bridgehead atoms. The zero-order valence-corrected chi connectivity index (χ0v) is 13.4. The predicted molar refractivity (Wildman–Crippen MR) is 85.0 cm³/mol. The molecule has 1 aliphatic heterocycles. The van der Waals surface area contributed by atoms with Crippen LogP contribution in [0.2, 0.25) is 0 Å². The van der Waals surface area contributed by atoms with Crippen LogP contribution in [0.25, 0.3) is 5.65 Å². The topological polar surface area (TPSA) is 71.3 Å². The fourth-order valence-electron chi connectivity index (χ4n) is 3.02. The van der Waals surface area contributed by atoms with Crippen molar-refractivity contribution in [1.82, 2.24) is 29.5 Å². The Morgan fingerprint density at radius 3 is 3.04 bits per heavy atom. The third kappa shape index (κ3) is 2.85. The summed E-state index contributed by atoms with van der Waals surface area (Å²) < 4.78 is 7.90. The zero-order valence-electron chi connectivity index (χ0n) is 13.4. The van der Waals surface area contributed by atoms with Crippen molar-refractivity contribution in [2.45, 2.75) is 26.5 Å². The van der Waals surface area contributed by atoms with Crippen molar-refractivity contribution in [3.63, 3.8) is 0 Å². The Balaban J connectivity index is 1.50. The minimum atomic E-state index is -0.0764. The van der Waals surface area contributed by atoms with E-state index in [0.717, 1.165) is 42.6 Å². The van der Waals surface area contributed by atoms with Gasteiger partial charge in [0, 0.05) is 32.0 Å². The lowest BCUT2D eigenvalue weighted by Gasteiger charge is -2.30. The molecule has 3 aromatic rings. The van der Waals surface area contributed by atoms with Gasteiger partial charge in [0.1, 0.15) is 17.6 Å². The van der Waals surface area contributed by atoms with Gasteiger partial charge in [0.2, 0.25) is 0 Å². The molecule has 120 valence electrons. The van der Waals surface area contributed by atoms with Crippen LogP contribution in [-0.2, 0) is 11.3 Å². The fraction of sp³-hybridized carbons (Fsp3) is 0.438. The number of ether oxygens (including phenoxy) is 1. The molecule has 1 saturated heterocycles. The number of nitrogens with one attached hydrogen (secondary N) is 1. The first-order valence-electron chi connectivity index (χ1n) is 7.85. The van der Waals surface area contributed by atoms with Gasteiger partial charge in [-0.15, -0.1) is 0 Å². The van der Waals surface area contributed by atoms with E-state index in [9.17, 15) is 0 Å². The molecule has 1 atom stereocenters. The molecule has 4 heterocycles. The summed E-state index contributed by atoms with van der Waals surface area (Å²) in [6, 6.07) is 4.13. The van der Waals surface area contributed by atoms with Crippen molar-refractivity contribution in [3.05, 3.63) is 47.4 Å². The highest BCUT2D eigenvalue weighted by atomic mass is 16.5. The van der Waals surface area contributed by atoms with E-state index in [1.54, 1.807) is 0 Å². The number of nitrogens with zero attached hydrogens (tertiary/aromatic N) is 5. The Morgan fingerprint density at radius 1 is 1.35 bits per heavy atom. The highest BCUT2D eigenvalue weighted by Gasteiger charge is 2.25. The highest BCUT2D eigenvalue weighted by Crippen LogP contribution is 2.20. The van der Waals surface area contributed by atoms with Crippen LogP contribution in [0.4, 0.5) is 0 Å². The van der Waals surface area contributed by atoms with E-state index in [0.29, 0.717) is 6.61 Å². The largest absolute Gasteiger partial charge is 0.367 e. The van der Waals surface area contributed by atoms with Gasteiger partial charge in [0.15, 0.2) is 5.82 Å². The van der Waals surface area contributed by atoms with Crippen molar-refractivity contribution in [2.75, 3.05) is 19.7 Å². The van der Waals surface area contributed by atoms with Crippen LogP contribution in [0.5, 0.6) is 0 Å². The van der Waals surface area contributed by atoms with Gasteiger partial charge >= 0.3 is 0 Å². The van der Waals surface area contributed by atoms with Gasteiger partial charge in [-0.05, 0) is 25.5 Å². The second kappa shape index (κ2) is 5.75. The quantitative estimate of drug-likeness (QED) is 0.796. The summed E-state index contributed by atoms with van der Waals surface area (Å²) in [5.41, 5.74) is 3.29. The molecule has 0 amide bonds. The van der Waals surface area contributed by atoms with Crippen molar-refractivity contribution in [2.24, 2.45) is 0 Å². The number of hydrogen-bond donors (Lipinski definition) is 1. The van der Waals surface area contributed by atoms with Gasteiger partial charge in [-0.1, -0.05) is 6.07 Å². The van der Waals surface area contributed by atoms with Crippen molar-refractivity contribution in [3.8, 4) is 0 Å². The first-order valence-corrected chi connectivity index (χ1v) is 7.85. The number of rotatable bonds is 3. The predicted octanol–water partition coefficient (Wildman–Crippen LogP) is 1.64. The van der Waals surface area contributed by atoms with Gasteiger partial charge in [0.25, 0.3) is 0 Å². The van der Waals surface area contributed by atoms with Crippen LogP contribution < -0.4 is 0 Å². The molecular formula is C16H20N6O. The molecule has 4 rings (SSSR count). The fourth-order valence-corrected chi connectivity index (χ4v) is 3.02. The summed E-state index contributed by atoms with van der Waals surface area (Å²) in [7, 11) is 0. The molecule has 1 N–H and O–H groups in total. The number of aromatic amines is 1. The molecule has 3 aromatic heterocycles. The molecule has 0 unspecified atom stereocenters. The number of hydrogen-bond acceptors (Lipinski definition) is 5. The maximum atomic E-state index is 5.81. The van der Waals surface area contributed by atoms with Crippen LogP contribution in [0.3, 0.4) is 0 Å². The minimum Gasteiger partial charge on any atom is -0.367 e. The van der Waals surface area contributed by atoms with Crippen molar-refractivity contribution >= 4 is 5.65 Å². The second-order valence-electron chi connectivity index (χ2n) is 6.03. The third-order valence-corrected chi connectivity index (χ3v) is 4.17. The number of imidazole rings is 1. The standard InChI is InChI=1S/C16H20N6O/c1-11-4-3-5-22-9-13(18-16(11)22)8-21-6-7-23-14(10-21)15-17-12(2)19-20-15/h3-5,9,14H,6-8,10H2,1-2H3,(H,17,19,20)/t14-/m0/s1. The molecule has 7 heteroatoms. The number of H-pyrrole nitrogens is 1. The molecule has 23 heavy (non-hydrogen) atoms. The minimum absolute atomic E-state index is 0.0764. The molecule has 7 nitrogen and oxygen atoms in total. The summed E-state index contributed by atoms with van der Waals surface area (Å²) in [6.07, 6.45) is 4.06. The lowest BCUT2D eigenvalue weighted by molar-refractivity contribution is -0.0373. The third-order valence-electron chi connectivity index (χ3n) is 4.17. The average molecular weight is 312 g/mol. The van der Waals surface area contributed by atoms with E-state index >= 15 is 0 Å².